The predicted molar refractivity (Wildman–Crippen MR) is 123 cm³/mol. The number of benzene rings is 1. The van der Waals surface area contributed by atoms with Crippen molar-refractivity contribution in [2.75, 3.05) is 26.2 Å². The van der Waals surface area contributed by atoms with Crippen LogP contribution in [0.3, 0.4) is 0 Å². The van der Waals surface area contributed by atoms with E-state index in [1.165, 1.54) is 16.6 Å². The fourth-order valence-corrected chi connectivity index (χ4v) is 3.62. The van der Waals surface area contributed by atoms with Crippen molar-refractivity contribution < 1.29 is 9.53 Å². The van der Waals surface area contributed by atoms with E-state index in [4.69, 9.17) is 10.5 Å². The van der Waals surface area contributed by atoms with Gasteiger partial charge in [0.25, 0.3) is 0 Å². The SMILES string of the molecule is CCOC(=O)N1CCC(NC(N)=NCCc2c(C)[nH]c3ccccc23)CC1.I. The number of hydrogen-bond donors (Lipinski definition) is 3. The third-order valence-electron chi connectivity index (χ3n) is 5.04. The molecule has 2 aromatic rings. The molecule has 1 amide bonds. The molecule has 4 N–H and O–H groups in total. The Bertz CT molecular complexity index is 812. The number of piperidine rings is 1. The van der Waals surface area contributed by atoms with E-state index in [0.717, 1.165) is 24.8 Å². The Hall–Kier alpha value is -1.97. The number of hydrogen-bond acceptors (Lipinski definition) is 3. The van der Waals surface area contributed by atoms with Crippen LogP contribution in [0.15, 0.2) is 29.3 Å². The van der Waals surface area contributed by atoms with Crippen molar-refractivity contribution in [3.8, 4) is 0 Å². The van der Waals surface area contributed by atoms with Crippen LogP contribution < -0.4 is 11.1 Å². The normalized spacial score (nSPS) is 15.4. The number of ether oxygens (including phenoxy) is 1. The molecule has 1 saturated heterocycles. The summed E-state index contributed by atoms with van der Waals surface area (Å²) in [4.78, 5) is 21.4. The van der Waals surface area contributed by atoms with Gasteiger partial charge in [0, 0.05) is 42.3 Å². The van der Waals surface area contributed by atoms with Crippen LogP contribution in [0.5, 0.6) is 0 Å². The monoisotopic (exact) mass is 499 g/mol. The summed E-state index contributed by atoms with van der Waals surface area (Å²) in [7, 11) is 0. The summed E-state index contributed by atoms with van der Waals surface area (Å²) in [5.74, 6) is 0.474. The smallest absolute Gasteiger partial charge is 0.409 e. The highest BCUT2D eigenvalue weighted by molar-refractivity contribution is 14.0. The number of nitrogens with one attached hydrogen (secondary N) is 2. The minimum atomic E-state index is -0.230. The van der Waals surface area contributed by atoms with Gasteiger partial charge in [0.1, 0.15) is 0 Å². The van der Waals surface area contributed by atoms with E-state index < -0.39 is 0 Å². The van der Waals surface area contributed by atoms with Crippen molar-refractivity contribution >= 4 is 46.9 Å². The maximum atomic E-state index is 11.7. The number of amides is 1. The molecule has 1 aliphatic rings. The third kappa shape index (κ3) is 5.52. The molecule has 0 atom stereocenters. The van der Waals surface area contributed by atoms with Crippen molar-refractivity contribution in [3.05, 3.63) is 35.5 Å². The average molecular weight is 499 g/mol. The van der Waals surface area contributed by atoms with Crippen LogP contribution in [0.2, 0.25) is 0 Å². The zero-order valence-electron chi connectivity index (χ0n) is 16.5. The van der Waals surface area contributed by atoms with Crippen LogP contribution in [-0.2, 0) is 11.2 Å². The van der Waals surface area contributed by atoms with Gasteiger partial charge >= 0.3 is 6.09 Å². The number of carbonyl (C=O) groups excluding carboxylic acids is 1. The standard InChI is InChI=1S/C20H29N5O2.HI/c1-3-27-20(26)25-12-9-15(10-13-25)24-19(21)22-11-8-16-14(2)23-18-7-5-4-6-17(16)18;/h4-7,15,23H,3,8-13H2,1-2H3,(H3,21,22,24);1H. The van der Waals surface area contributed by atoms with Gasteiger partial charge in [-0.25, -0.2) is 4.79 Å². The van der Waals surface area contributed by atoms with Crippen molar-refractivity contribution in [2.24, 2.45) is 10.7 Å². The fourth-order valence-electron chi connectivity index (χ4n) is 3.62. The molecule has 2 heterocycles. The van der Waals surface area contributed by atoms with Crippen molar-refractivity contribution in [3.63, 3.8) is 0 Å². The summed E-state index contributed by atoms with van der Waals surface area (Å²) >= 11 is 0. The van der Waals surface area contributed by atoms with Crippen LogP contribution >= 0.6 is 24.0 Å². The number of rotatable bonds is 5. The Morgan fingerprint density at radius 1 is 1.36 bits per heavy atom. The summed E-state index contributed by atoms with van der Waals surface area (Å²) in [5.41, 5.74) is 9.70. The molecule has 0 aliphatic carbocycles. The number of para-hydroxylation sites is 1. The topological polar surface area (TPSA) is 95.7 Å². The maximum absolute atomic E-state index is 11.7. The molecular formula is C20H30IN5O2. The molecule has 28 heavy (non-hydrogen) atoms. The van der Waals surface area contributed by atoms with Gasteiger partial charge in [0.15, 0.2) is 5.96 Å². The van der Waals surface area contributed by atoms with E-state index >= 15 is 0 Å². The minimum Gasteiger partial charge on any atom is -0.450 e. The van der Waals surface area contributed by atoms with Crippen molar-refractivity contribution in [2.45, 2.75) is 39.2 Å². The van der Waals surface area contributed by atoms with Crippen LogP contribution in [0.25, 0.3) is 10.9 Å². The van der Waals surface area contributed by atoms with Gasteiger partial charge in [-0.05, 0) is 44.7 Å². The lowest BCUT2D eigenvalue weighted by molar-refractivity contribution is 0.0963. The van der Waals surface area contributed by atoms with Crippen LogP contribution in [0.1, 0.15) is 31.0 Å². The van der Waals surface area contributed by atoms with Gasteiger partial charge in [-0.1, -0.05) is 18.2 Å². The number of aryl methyl sites for hydroxylation is 1. The Morgan fingerprint density at radius 2 is 2.07 bits per heavy atom. The molecule has 154 valence electrons. The Morgan fingerprint density at radius 3 is 2.79 bits per heavy atom. The molecule has 1 aromatic heterocycles. The number of nitrogens with two attached hydrogens (primary N) is 1. The first-order chi connectivity index (χ1) is 13.1. The quantitative estimate of drug-likeness (QED) is 0.335. The van der Waals surface area contributed by atoms with Crippen LogP contribution in [0.4, 0.5) is 4.79 Å². The zero-order chi connectivity index (χ0) is 19.2. The van der Waals surface area contributed by atoms with Gasteiger partial charge in [-0.15, -0.1) is 24.0 Å². The first kappa shape index (κ1) is 22.3. The van der Waals surface area contributed by atoms with Gasteiger partial charge in [-0.3, -0.25) is 4.99 Å². The van der Waals surface area contributed by atoms with Gasteiger partial charge in [-0.2, -0.15) is 0 Å². The molecular weight excluding hydrogens is 469 g/mol. The average Bonchev–Trinajstić information content (AvgIpc) is 2.98. The molecule has 1 aromatic carbocycles. The van der Waals surface area contributed by atoms with Crippen molar-refractivity contribution in [1.29, 1.82) is 0 Å². The molecule has 8 heteroatoms. The number of H-pyrrole nitrogens is 1. The summed E-state index contributed by atoms with van der Waals surface area (Å²) in [6.45, 7) is 6.32. The van der Waals surface area contributed by atoms with E-state index in [9.17, 15) is 4.79 Å². The number of halogens is 1. The van der Waals surface area contributed by atoms with Gasteiger partial charge in [0.05, 0.1) is 6.61 Å². The molecule has 0 saturated carbocycles. The highest BCUT2D eigenvalue weighted by Crippen LogP contribution is 2.22. The Balaban J connectivity index is 0.00000280. The Kier molecular flexibility index (Phi) is 8.40. The second-order valence-corrected chi connectivity index (χ2v) is 6.90. The molecule has 0 spiro atoms. The van der Waals surface area contributed by atoms with Crippen LogP contribution in [0, 0.1) is 6.92 Å². The molecule has 1 aliphatic heterocycles. The minimum absolute atomic E-state index is 0. The van der Waals surface area contributed by atoms with Gasteiger partial charge in [0.2, 0.25) is 0 Å². The molecule has 3 rings (SSSR count). The number of nitrogens with zero attached hydrogens (tertiary/aromatic N) is 2. The summed E-state index contributed by atoms with van der Waals surface area (Å²) < 4.78 is 5.04. The summed E-state index contributed by atoms with van der Waals surface area (Å²) in [5, 5.41) is 4.54. The fraction of sp³-hybridized carbons (Fsp3) is 0.500. The number of aromatic amines is 1. The number of aromatic nitrogens is 1. The number of aliphatic imine (C=N–C) groups is 1. The van der Waals surface area contributed by atoms with Crippen molar-refractivity contribution in [1.82, 2.24) is 15.2 Å². The van der Waals surface area contributed by atoms with E-state index in [2.05, 4.69) is 40.4 Å². The molecule has 1 fully saturated rings. The highest BCUT2D eigenvalue weighted by atomic mass is 127. The predicted octanol–water partition coefficient (Wildman–Crippen LogP) is 3.16. The van der Waals surface area contributed by atoms with E-state index in [1.54, 1.807) is 4.90 Å². The lowest BCUT2D eigenvalue weighted by Crippen LogP contribution is -2.48. The largest absolute Gasteiger partial charge is 0.450 e. The first-order valence-electron chi connectivity index (χ1n) is 9.62. The maximum Gasteiger partial charge on any atom is 0.409 e. The van der Waals surface area contributed by atoms with E-state index in [0.29, 0.717) is 32.2 Å². The lowest BCUT2D eigenvalue weighted by atomic mass is 10.1. The second-order valence-electron chi connectivity index (χ2n) is 6.90. The molecule has 7 nitrogen and oxygen atoms in total. The van der Waals surface area contributed by atoms with Gasteiger partial charge < -0.3 is 25.7 Å². The summed E-state index contributed by atoms with van der Waals surface area (Å²) in [6.07, 6.45) is 2.30. The third-order valence-corrected chi connectivity index (χ3v) is 5.04. The van der Waals surface area contributed by atoms with Crippen LogP contribution in [-0.4, -0.2) is 54.2 Å². The molecule has 0 unspecified atom stereocenters. The number of carbonyl (C=O) groups is 1. The molecule has 0 radical (unpaired) electrons. The highest BCUT2D eigenvalue weighted by Gasteiger charge is 2.23. The number of fused-ring (bicyclic) bond motifs is 1. The second kappa shape index (κ2) is 10.5. The Labute approximate surface area is 183 Å². The number of likely N-dealkylation sites (tertiary alicyclic amines) is 1. The van der Waals surface area contributed by atoms with E-state index in [1.807, 2.05) is 13.0 Å². The molecule has 0 bridgehead atoms. The number of guanidine groups is 1. The first-order valence-corrected chi connectivity index (χ1v) is 9.62. The lowest BCUT2D eigenvalue weighted by Gasteiger charge is -2.31. The summed E-state index contributed by atoms with van der Waals surface area (Å²) in [6, 6.07) is 8.56. The zero-order valence-corrected chi connectivity index (χ0v) is 18.9. The van der Waals surface area contributed by atoms with E-state index in [-0.39, 0.29) is 36.1 Å².